The molecule has 0 bridgehead atoms. The fourth-order valence-electron chi connectivity index (χ4n) is 2.06. The highest BCUT2D eigenvalue weighted by Crippen LogP contribution is 2.25. The molecule has 0 aromatic heterocycles. The van der Waals surface area contributed by atoms with Crippen LogP contribution >= 0.6 is 0 Å². The number of ether oxygens (including phenoxy) is 3. The summed E-state index contributed by atoms with van der Waals surface area (Å²) in [6.45, 7) is 1.77. The number of hydrogen-bond acceptors (Lipinski definition) is 5. The third kappa shape index (κ3) is 4.49. The second-order valence-electron chi connectivity index (χ2n) is 5.06. The SMILES string of the molecule is COC(=O)c1ccc(OCC(=O)Nc2cc(C)ccc2OC)cc1. The summed E-state index contributed by atoms with van der Waals surface area (Å²) in [5.74, 6) is 0.326. The van der Waals surface area contributed by atoms with Gasteiger partial charge in [0.15, 0.2) is 6.61 Å². The van der Waals surface area contributed by atoms with Gasteiger partial charge in [-0.3, -0.25) is 4.79 Å². The monoisotopic (exact) mass is 329 g/mol. The van der Waals surface area contributed by atoms with E-state index in [0.717, 1.165) is 5.56 Å². The van der Waals surface area contributed by atoms with Gasteiger partial charge in [-0.2, -0.15) is 0 Å². The predicted octanol–water partition coefficient (Wildman–Crippen LogP) is 2.81. The molecule has 126 valence electrons. The first-order chi connectivity index (χ1) is 11.5. The largest absolute Gasteiger partial charge is 0.495 e. The maximum atomic E-state index is 12.0. The molecule has 0 aliphatic carbocycles. The third-order valence-corrected chi connectivity index (χ3v) is 3.27. The van der Waals surface area contributed by atoms with E-state index in [1.54, 1.807) is 37.4 Å². The zero-order valence-corrected chi connectivity index (χ0v) is 13.8. The van der Waals surface area contributed by atoms with Gasteiger partial charge in [0.1, 0.15) is 11.5 Å². The molecular weight excluding hydrogens is 310 g/mol. The van der Waals surface area contributed by atoms with Crippen molar-refractivity contribution in [2.45, 2.75) is 6.92 Å². The zero-order valence-electron chi connectivity index (χ0n) is 13.8. The van der Waals surface area contributed by atoms with E-state index in [2.05, 4.69) is 10.1 Å². The van der Waals surface area contributed by atoms with Crippen molar-refractivity contribution in [2.24, 2.45) is 0 Å². The molecule has 0 saturated heterocycles. The van der Waals surface area contributed by atoms with Crippen LogP contribution in [0.3, 0.4) is 0 Å². The number of anilines is 1. The molecule has 0 aliphatic rings. The van der Waals surface area contributed by atoms with E-state index >= 15 is 0 Å². The summed E-state index contributed by atoms with van der Waals surface area (Å²) in [4.78, 5) is 23.4. The van der Waals surface area contributed by atoms with Crippen LogP contribution in [0.15, 0.2) is 42.5 Å². The van der Waals surface area contributed by atoms with Crippen molar-refractivity contribution in [3.63, 3.8) is 0 Å². The second kappa shape index (κ2) is 8.01. The molecule has 6 nitrogen and oxygen atoms in total. The average molecular weight is 329 g/mol. The number of esters is 1. The Hall–Kier alpha value is -3.02. The van der Waals surface area contributed by atoms with Crippen LogP contribution in [0.25, 0.3) is 0 Å². The van der Waals surface area contributed by atoms with Crippen LogP contribution in [0.4, 0.5) is 5.69 Å². The number of carbonyl (C=O) groups excluding carboxylic acids is 2. The van der Waals surface area contributed by atoms with Crippen LogP contribution in [0.2, 0.25) is 0 Å². The molecule has 2 aromatic carbocycles. The van der Waals surface area contributed by atoms with Crippen LogP contribution in [-0.4, -0.2) is 32.7 Å². The van der Waals surface area contributed by atoms with Crippen molar-refractivity contribution in [3.8, 4) is 11.5 Å². The molecular formula is C18H19NO5. The van der Waals surface area contributed by atoms with E-state index in [-0.39, 0.29) is 12.5 Å². The number of amides is 1. The standard InChI is InChI=1S/C18H19NO5/c1-12-4-9-16(22-2)15(10-12)19-17(20)11-24-14-7-5-13(6-8-14)18(21)23-3/h4-10H,11H2,1-3H3,(H,19,20). The summed E-state index contributed by atoms with van der Waals surface area (Å²) in [5.41, 5.74) is 2.01. The van der Waals surface area contributed by atoms with Gasteiger partial charge >= 0.3 is 5.97 Å². The van der Waals surface area contributed by atoms with Crippen molar-refractivity contribution in [3.05, 3.63) is 53.6 Å². The summed E-state index contributed by atoms with van der Waals surface area (Å²) in [6, 6.07) is 11.9. The lowest BCUT2D eigenvalue weighted by Crippen LogP contribution is -2.20. The summed E-state index contributed by atoms with van der Waals surface area (Å²) < 4.78 is 15.2. The fourth-order valence-corrected chi connectivity index (χ4v) is 2.06. The molecule has 0 fully saturated rings. The Bertz CT molecular complexity index is 725. The molecule has 0 saturated carbocycles. The van der Waals surface area contributed by atoms with Crippen molar-refractivity contribution in [1.29, 1.82) is 0 Å². The van der Waals surface area contributed by atoms with Crippen molar-refractivity contribution in [1.82, 2.24) is 0 Å². The van der Waals surface area contributed by atoms with Crippen LogP contribution in [0, 0.1) is 6.92 Å². The highest BCUT2D eigenvalue weighted by molar-refractivity contribution is 5.93. The van der Waals surface area contributed by atoms with E-state index in [4.69, 9.17) is 9.47 Å². The Balaban J connectivity index is 1.94. The molecule has 0 unspecified atom stereocenters. The van der Waals surface area contributed by atoms with Gasteiger partial charge in [0.25, 0.3) is 5.91 Å². The van der Waals surface area contributed by atoms with Crippen molar-refractivity contribution in [2.75, 3.05) is 26.1 Å². The van der Waals surface area contributed by atoms with Gasteiger partial charge in [-0.25, -0.2) is 4.79 Å². The quantitative estimate of drug-likeness (QED) is 0.825. The number of methoxy groups -OCH3 is 2. The van der Waals surface area contributed by atoms with Gasteiger partial charge in [0.05, 0.1) is 25.5 Å². The summed E-state index contributed by atoms with van der Waals surface area (Å²) in [7, 11) is 2.86. The van der Waals surface area contributed by atoms with E-state index in [0.29, 0.717) is 22.7 Å². The first-order valence-corrected chi connectivity index (χ1v) is 7.29. The molecule has 1 N–H and O–H groups in total. The van der Waals surface area contributed by atoms with Crippen LogP contribution < -0.4 is 14.8 Å². The smallest absolute Gasteiger partial charge is 0.337 e. The molecule has 6 heteroatoms. The Morgan fingerprint density at radius 2 is 1.75 bits per heavy atom. The predicted molar refractivity (Wildman–Crippen MR) is 89.6 cm³/mol. The molecule has 0 heterocycles. The van der Waals surface area contributed by atoms with Crippen LogP contribution in [0.1, 0.15) is 15.9 Å². The number of rotatable bonds is 6. The Labute approximate surface area is 140 Å². The number of hydrogen-bond donors (Lipinski definition) is 1. The lowest BCUT2D eigenvalue weighted by molar-refractivity contribution is -0.118. The van der Waals surface area contributed by atoms with Gasteiger partial charge in [0.2, 0.25) is 0 Å². The molecule has 0 spiro atoms. The zero-order chi connectivity index (χ0) is 17.5. The summed E-state index contributed by atoms with van der Waals surface area (Å²) in [5, 5.41) is 2.75. The van der Waals surface area contributed by atoms with Gasteiger partial charge in [0, 0.05) is 0 Å². The minimum absolute atomic E-state index is 0.158. The second-order valence-corrected chi connectivity index (χ2v) is 5.06. The average Bonchev–Trinajstić information content (AvgIpc) is 2.60. The lowest BCUT2D eigenvalue weighted by Gasteiger charge is -2.11. The fraction of sp³-hybridized carbons (Fsp3) is 0.222. The van der Waals surface area contributed by atoms with Crippen molar-refractivity contribution >= 4 is 17.6 Å². The highest BCUT2D eigenvalue weighted by atomic mass is 16.5. The molecule has 2 rings (SSSR count). The molecule has 2 aromatic rings. The number of carbonyl (C=O) groups is 2. The van der Waals surface area contributed by atoms with E-state index in [1.807, 2.05) is 19.1 Å². The molecule has 24 heavy (non-hydrogen) atoms. The Kier molecular flexibility index (Phi) is 5.78. The number of nitrogens with one attached hydrogen (secondary N) is 1. The molecule has 0 radical (unpaired) electrons. The first kappa shape index (κ1) is 17.3. The normalized spacial score (nSPS) is 9.96. The topological polar surface area (TPSA) is 73.9 Å². The first-order valence-electron chi connectivity index (χ1n) is 7.29. The van der Waals surface area contributed by atoms with Gasteiger partial charge in [-0.1, -0.05) is 6.07 Å². The minimum atomic E-state index is -0.425. The van der Waals surface area contributed by atoms with Crippen LogP contribution in [-0.2, 0) is 9.53 Å². The third-order valence-electron chi connectivity index (χ3n) is 3.27. The summed E-state index contributed by atoms with van der Waals surface area (Å²) in [6.07, 6.45) is 0. The Morgan fingerprint density at radius 1 is 1.04 bits per heavy atom. The van der Waals surface area contributed by atoms with E-state index < -0.39 is 5.97 Å². The number of benzene rings is 2. The van der Waals surface area contributed by atoms with Gasteiger partial charge in [-0.05, 0) is 48.9 Å². The van der Waals surface area contributed by atoms with Gasteiger partial charge in [-0.15, -0.1) is 0 Å². The van der Waals surface area contributed by atoms with E-state index in [1.165, 1.54) is 7.11 Å². The maximum Gasteiger partial charge on any atom is 0.337 e. The van der Waals surface area contributed by atoms with Crippen LogP contribution in [0.5, 0.6) is 11.5 Å². The molecule has 0 aliphatic heterocycles. The maximum absolute atomic E-state index is 12.0. The lowest BCUT2D eigenvalue weighted by atomic mass is 10.2. The van der Waals surface area contributed by atoms with Gasteiger partial charge < -0.3 is 19.5 Å². The number of aryl methyl sites for hydroxylation is 1. The van der Waals surface area contributed by atoms with E-state index in [9.17, 15) is 9.59 Å². The Morgan fingerprint density at radius 3 is 2.38 bits per heavy atom. The highest BCUT2D eigenvalue weighted by Gasteiger charge is 2.09. The molecule has 0 atom stereocenters. The molecule has 1 amide bonds. The van der Waals surface area contributed by atoms with Crippen molar-refractivity contribution < 1.29 is 23.8 Å². The summed E-state index contributed by atoms with van der Waals surface area (Å²) >= 11 is 0. The minimum Gasteiger partial charge on any atom is -0.495 e.